The molecule has 0 saturated heterocycles. The number of nitrogens with one attached hydrogen (secondary N) is 1. The quantitative estimate of drug-likeness (QED) is 0.779. The molecule has 0 atom stereocenters. The molecule has 0 spiro atoms. The minimum Gasteiger partial charge on any atom is -0.311 e. The van der Waals surface area contributed by atoms with Crippen molar-refractivity contribution >= 4 is 0 Å². The van der Waals surface area contributed by atoms with Gasteiger partial charge in [0, 0.05) is 19.3 Å². The first-order valence-corrected chi connectivity index (χ1v) is 5.81. The zero-order valence-electron chi connectivity index (χ0n) is 10.3. The van der Waals surface area contributed by atoms with Gasteiger partial charge in [-0.15, -0.1) is 0 Å². The zero-order chi connectivity index (χ0) is 11.3. The molecule has 0 radical (unpaired) electrons. The lowest BCUT2D eigenvalue weighted by Crippen LogP contribution is -2.21. The van der Waals surface area contributed by atoms with Crippen LogP contribution in [0.5, 0.6) is 0 Å². The summed E-state index contributed by atoms with van der Waals surface area (Å²) in [5, 5.41) is 7.77. The molecule has 0 aliphatic carbocycles. The van der Waals surface area contributed by atoms with E-state index in [-0.39, 0.29) is 0 Å². The first-order chi connectivity index (χ1) is 7.09. The van der Waals surface area contributed by atoms with Crippen LogP contribution in [-0.2, 0) is 13.1 Å². The van der Waals surface area contributed by atoms with E-state index in [1.54, 1.807) is 0 Å². The van der Waals surface area contributed by atoms with Gasteiger partial charge in [0.25, 0.3) is 0 Å². The highest BCUT2D eigenvalue weighted by atomic mass is 15.3. The van der Waals surface area contributed by atoms with Crippen molar-refractivity contribution in [2.75, 3.05) is 6.54 Å². The Kier molecular flexibility index (Phi) is 4.82. The van der Waals surface area contributed by atoms with Crippen molar-refractivity contribution < 1.29 is 0 Å². The maximum absolute atomic E-state index is 4.33. The van der Waals surface area contributed by atoms with Crippen molar-refractivity contribution in [2.24, 2.45) is 11.8 Å². The topological polar surface area (TPSA) is 29.9 Å². The Labute approximate surface area is 92.9 Å². The molecular formula is C12H23N3. The molecule has 0 amide bonds. The fraction of sp³-hybridized carbons (Fsp3) is 0.750. The molecule has 3 nitrogen and oxygen atoms in total. The number of hydrogen-bond acceptors (Lipinski definition) is 2. The third-order valence-corrected chi connectivity index (χ3v) is 2.20. The Morgan fingerprint density at radius 2 is 2.00 bits per heavy atom. The number of rotatable bonds is 6. The molecule has 1 rings (SSSR count). The smallest absolute Gasteiger partial charge is 0.0522 e. The monoisotopic (exact) mass is 209 g/mol. The molecule has 1 heterocycles. The second-order valence-electron chi connectivity index (χ2n) is 4.92. The predicted octanol–water partition coefficient (Wildman–Crippen LogP) is 2.28. The average molecular weight is 209 g/mol. The van der Waals surface area contributed by atoms with E-state index in [0.29, 0.717) is 11.8 Å². The first kappa shape index (κ1) is 12.2. The van der Waals surface area contributed by atoms with Gasteiger partial charge in [-0.3, -0.25) is 4.68 Å². The molecule has 0 aliphatic rings. The lowest BCUT2D eigenvalue weighted by molar-refractivity contribution is 0.455. The van der Waals surface area contributed by atoms with Gasteiger partial charge in [-0.05, 0) is 24.4 Å². The number of hydrogen-bond donors (Lipinski definition) is 1. The van der Waals surface area contributed by atoms with Crippen molar-refractivity contribution in [3.8, 4) is 0 Å². The number of aromatic nitrogens is 2. The summed E-state index contributed by atoms with van der Waals surface area (Å²) in [6.07, 6.45) is 1.88. The van der Waals surface area contributed by atoms with Gasteiger partial charge >= 0.3 is 0 Å². The van der Waals surface area contributed by atoms with E-state index in [4.69, 9.17) is 0 Å². The van der Waals surface area contributed by atoms with E-state index in [1.807, 2.05) is 6.20 Å². The highest BCUT2D eigenvalue weighted by Crippen LogP contribution is 2.03. The van der Waals surface area contributed by atoms with Gasteiger partial charge in [0.1, 0.15) is 0 Å². The third kappa shape index (κ3) is 4.47. The third-order valence-electron chi connectivity index (χ3n) is 2.20. The Morgan fingerprint density at radius 1 is 1.27 bits per heavy atom. The van der Waals surface area contributed by atoms with E-state index in [1.165, 1.54) is 5.69 Å². The molecule has 0 fully saturated rings. The molecule has 0 aliphatic heterocycles. The minimum atomic E-state index is 0.647. The summed E-state index contributed by atoms with van der Waals surface area (Å²) in [6.45, 7) is 11.9. The van der Waals surface area contributed by atoms with Gasteiger partial charge in [0.15, 0.2) is 0 Å². The summed E-state index contributed by atoms with van der Waals surface area (Å²) >= 11 is 0. The van der Waals surface area contributed by atoms with Crippen molar-refractivity contribution in [1.82, 2.24) is 15.1 Å². The Balaban J connectivity index is 2.43. The van der Waals surface area contributed by atoms with E-state index in [2.05, 4.69) is 48.9 Å². The number of nitrogens with zero attached hydrogens (tertiary/aromatic N) is 2. The summed E-state index contributed by atoms with van der Waals surface area (Å²) in [5.74, 6) is 1.35. The summed E-state index contributed by atoms with van der Waals surface area (Å²) in [5.41, 5.74) is 1.28. The molecule has 0 saturated carbocycles. The second-order valence-corrected chi connectivity index (χ2v) is 4.92. The van der Waals surface area contributed by atoms with Crippen LogP contribution in [0.15, 0.2) is 12.3 Å². The Hall–Kier alpha value is -0.830. The van der Waals surface area contributed by atoms with Crippen molar-refractivity contribution in [3.05, 3.63) is 18.0 Å². The fourth-order valence-corrected chi connectivity index (χ4v) is 1.51. The van der Waals surface area contributed by atoms with Gasteiger partial charge in [-0.2, -0.15) is 5.10 Å². The molecule has 1 aromatic heterocycles. The fourth-order valence-electron chi connectivity index (χ4n) is 1.51. The van der Waals surface area contributed by atoms with E-state index < -0.39 is 0 Å². The summed E-state index contributed by atoms with van der Waals surface area (Å²) in [6, 6.07) is 2.09. The van der Waals surface area contributed by atoms with Crippen LogP contribution in [-0.4, -0.2) is 16.3 Å². The van der Waals surface area contributed by atoms with E-state index in [9.17, 15) is 0 Å². The minimum absolute atomic E-state index is 0.647. The van der Waals surface area contributed by atoms with Gasteiger partial charge in [-0.25, -0.2) is 0 Å². The van der Waals surface area contributed by atoms with Crippen LogP contribution in [0.2, 0.25) is 0 Å². The normalized spacial score (nSPS) is 11.6. The molecule has 86 valence electrons. The van der Waals surface area contributed by atoms with Crippen LogP contribution in [0.3, 0.4) is 0 Å². The molecule has 1 N–H and O–H groups in total. The standard InChI is InChI=1S/C12H23N3/c1-10(2)7-13-8-12-5-6-14-15(12)9-11(3)4/h5-6,10-11,13H,7-9H2,1-4H3. The van der Waals surface area contributed by atoms with Crippen LogP contribution in [0.25, 0.3) is 0 Å². The first-order valence-electron chi connectivity index (χ1n) is 5.81. The Morgan fingerprint density at radius 3 is 2.60 bits per heavy atom. The SMILES string of the molecule is CC(C)CNCc1ccnn1CC(C)C. The van der Waals surface area contributed by atoms with Gasteiger partial charge in [0.2, 0.25) is 0 Å². The zero-order valence-corrected chi connectivity index (χ0v) is 10.3. The highest BCUT2D eigenvalue weighted by Gasteiger charge is 2.04. The van der Waals surface area contributed by atoms with Gasteiger partial charge in [0.05, 0.1) is 5.69 Å². The maximum Gasteiger partial charge on any atom is 0.0522 e. The van der Waals surface area contributed by atoms with E-state index in [0.717, 1.165) is 19.6 Å². The van der Waals surface area contributed by atoms with Crippen molar-refractivity contribution in [2.45, 2.75) is 40.8 Å². The largest absolute Gasteiger partial charge is 0.311 e. The second kappa shape index (κ2) is 5.91. The summed E-state index contributed by atoms with van der Waals surface area (Å²) in [4.78, 5) is 0. The van der Waals surface area contributed by atoms with Crippen LogP contribution >= 0.6 is 0 Å². The highest BCUT2D eigenvalue weighted by molar-refractivity contribution is 5.00. The van der Waals surface area contributed by atoms with Crippen LogP contribution in [0, 0.1) is 11.8 Å². The molecule has 0 aromatic carbocycles. The lowest BCUT2D eigenvalue weighted by atomic mass is 10.2. The van der Waals surface area contributed by atoms with Crippen molar-refractivity contribution in [3.63, 3.8) is 0 Å². The summed E-state index contributed by atoms with van der Waals surface area (Å²) < 4.78 is 2.10. The lowest BCUT2D eigenvalue weighted by Gasteiger charge is -2.11. The molecule has 15 heavy (non-hydrogen) atoms. The van der Waals surface area contributed by atoms with Gasteiger partial charge in [-0.1, -0.05) is 27.7 Å². The van der Waals surface area contributed by atoms with Crippen LogP contribution in [0.4, 0.5) is 0 Å². The van der Waals surface area contributed by atoms with Crippen molar-refractivity contribution in [1.29, 1.82) is 0 Å². The Bertz CT molecular complexity index is 276. The molecule has 0 bridgehead atoms. The maximum atomic E-state index is 4.33. The van der Waals surface area contributed by atoms with E-state index >= 15 is 0 Å². The summed E-state index contributed by atoms with van der Waals surface area (Å²) in [7, 11) is 0. The van der Waals surface area contributed by atoms with Gasteiger partial charge < -0.3 is 5.32 Å². The predicted molar refractivity (Wildman–Crippen MR) is 63.6 cm³/mol. The van der Waals surface area contributed by atoms with Crippen LogP contribution in [0.1, 0.15) is 33.4 Å². The molecule has 1 aromatic rings. The molecular weight excluding hydrogens is 186 g/mol. The molecule has 3 heteroatoms. The molecule has 0 unspecified atom stereocenters. The van der Waals surface area contributed by atoms with Crippen LogP contribution < -0.4 is 5.32 Å². The average Bonchev–Trinajstić information content (AvgIpc) is 2.51.